The second-order valence-corrected chi connectivity index (χ2v) is 8.08. The van der Waals surface area contributed by atoms with E-state index in [1.165, 1.54) is 12.1 Å². The second kappa shape index (κ2) is 6.78. The fourth-order valence-corrected chi connectivity index (χ4v) is 3.01. The topological polar surface area (TPSA) is 63.2 Å². The zero-order valence-electron chi connectivity index (χ0n) is 11.5. The summed E-state index contributed by atoms with van der Waals surface area (Å²) in [5, 5.41) is 3.00. The minimum Gasteiger partial charge on any atom is -0.383 e. The number of halogens is 3. The van der Waals surface area contributed by atoms with Gasteiger partial charge in [-0.25, -0.2) is 8.42 Å². The van der Waals surface area contributed by atoms with E-state index in [1.807, 2.05) is 6.92 Å². The molecule has 1 rings (SSSR count). The van der Waals surface area contributed by atoms with Crippen LogP contribution < -0.4 is 5.32 Å². The molecule has 0 aliphatic heterocycles. The van der Waals surface area contributed by atoms with Crippen LogP contribution in [0.2, 0.25) is 0 Å². The molecule has 21 heavy (non-hydrogen) atoms. The van der Waals surface area contributed by atoms with Gasteiger partial charge in [-0.05, 0) is 37.6 Å². The van der Waals surface area contributed by atoms with Gasteiger partial charge in [-0.15, -0.1) is 0 Å². The van der Waals surface area contributed by atoms with Crippen LogP contribution in [-0.4, -0.2) is 36.2 Å². The first-order chi connectivity index (χ1) is 9.54. The van der Waals surface area contributed by atoms with Crippen molar-refractivity contribution in [1.82, 2.24) is 0 Å². The van der Waals surface area contributed by atoms with E-state index in [-0.39, 0.29) is 6.04 Å². The van der Waals surface area contributed by atoms with Gasteiger partial charge in [0.05, 0.1) is 4.90 Å². The number of benzene rings is 1. The first-order valence-electron chi connectivity index (χ1n) is 6.02. The summed E-state index contributed by atoms with van der Waals surface area (Å²) in [5.74, 6) is 0.509. The Hall–Kier alpha value is -1.09. The molecule has 0 aromatic heterocycles. The second-order valence-electron chi connectivity index (χ2n) is 4.58. The molecular weight excluding hydrogens is 327 g/mol. The van der Waals surface area contributed by atoms with E-state index in [9.17, 15) is 25.8 Å². The van der Waals surface area contributed by atoms with Crippen molar-refractivity contribution in [2.24, 2.45) is 0 Å². The predicted molar refractivity (Wildman–Crippen MR) is 76.3 cm³/mol. The lowest BCUT2D eigenvalue weighted by molar-refractivity contribution is -0.0436. The number of alkyl halides is 3. The zero-order valence-corrected chi connectivity index (χ0v) is 13.1. The molecule has 0 bridgehead atoms. The standard InChI is InChI=1S/C12H16F3NO3S2/c1-9(7-8-20(2)17)16-10-3-5-11(6-4-10)21(18,19)12(13,14)15/h3-6,9,16H,7-8H2,1-2H3. The predicted octanol–water partition coefficient (Wildman–Crippen LogP) is 2.55. The molecule has 2 unspecified atom stereocenters. The van der Waals surface area contributed by atoms with Crippen LogP contribution in [-0.2, 0) is 20.6 Å². The number of sulfone groups is 1. The number of nitrogens with one attached hydrogen (secondary N) is 1. The van der Waals surface area contributed by atoms with Gasteiger partial charge < -0.3 is 5.32 Å². The number of hydrogen-bond acceptors (Lipinski definition) is 4. The van der Waals surface area contributed by atoms with Crippen LogP contribution in [0.1, 0.15) is 13.3 Å². The van der Waals surface area contributed by atoms with Crippen molar-refractivity contribution in [3.8, 4) is 0 Å². The summed E-state index contributed by atoms with van der Waals surface area (Å²) in [5.41, 5.74) is -4.80. The lowest BCUT2D eigenvalue weighted by atomic mass is 10.2. The third-order valence-corrected chi connectivity index (χ3v) is 5.03. The van der Waals surface area contributed by atoms with E-state index in [1.54, 1.807) is 6.26 Å². The molecule has 0 spiro atoms. The van der Waals surface area contributed by atoms with Crippen molar-refractivity contribution in [1.29, 1.82) is 0 Å². The smallest absolute Gasteiger partial charge is 0.383 e. The Bertz CT molecular complexity index is 597. The van der Waals surface area contributed by atoms with Crippen molar-refractivity contribution in [3.05, 3.63) is 24.3 Å². The van der Waals surface area contributed by atoms with Gasteiger partial charge in [0.1, 0.15) is 0 Å². The average molecular weight is 343 g/mol. The van der Waals surface area contributed by atoms with Crippen LogP contribution in [0.5, 0.6) is 0 Å². The van der Waals surface area contributed by atoms with E-state index < -0.39 is 31.0 Å². The van der Waals surface area contributed by atoms with Crippen molar-refractivity contribution in [2.45, 2.75) is 29.8 Å². The normalized spacial score (nSPS) is 15.5. The molecule has 0 heterocycles. The highest BCUT2D eigenvalue weighted by molar-refractivity contribution is 7.92. The van der Waals surface area contributed by atoms with E-state index in [0.717, 1.165) is 12.1 Å². The van der Waals surface area contributed by atoms with Crippen molar-refractivity contribution in [3.63, 3.8) is 0 Å². The monoisotopic (exact) mass is 343 g/mol. The average Bonchev–Trinajstić information content (AvgIpc) is 2.35. The van der Waals surface area contributed by atoms with Gasteiger partial charge in [0, 0.05) is 34.5 Å². The largest absolute Gasteiger partial charge is 0.501 e. The molecule has 9 heteroatoms. The summed E-state index contributed by atoms with van der Waals surface area (Å²) in [4.78, 5) is -0.789. The van der Waals surface area contributed by atoms with E-state index >= 15 is 0 Å². The van der Waals surface area contributed by atoms with Crippen molar-refractivity contribution < 1.29 is 25.8 Å². The van der Waals surface area contributed by atoms with Gasteiger partial charge in [0.2, 0.25) is 0 Å². The molecule has 0 amide bonds. The van der Waals surface area contributed by atoms with Crippen LogP contribution in [0.15, 0.2) is 29.2 Å². The van der Waals surface area contributed by atoms with Crippen LogP contribution >= 0.6 is 0 Å². The van der Waals surface area contributed by atoms with Crippen molar-refractivity contribution >= 4 is 26.3 Å². The van der Waals surface area contributed by atoms with Gasteiger partial charge in [-0.2, -0.15) is 13.2 Å². The molecule has 0 saturated heterocycles. The Morgan fingerprint density at radius 1 is 1.24 bits per heavy atom. The van der Waals surface area contributed by atoms with Gasteiger partial charge in [0.25, 0.3) is 9.84 Å². The Morgan fingerprint density at radius 3 is 2.19 bits per heavy atom. The molecule has 4 nitrogen and oxygen atoms in total. The fourth-order valence-electron chi connectivity index (χ4n) is 1.56. The molecule has 0 radical (unpaired) electrons. The van der Waals surface area contributed by atoms with Gasteiger partial charge in [-0.3, -0.25) is 4.21 Å². The van der Waals surface area contributed by atoms with Crippen LogP contribution in [0.3, 0.4) is 0 Å². The summed E-state index contributed by atoms with van der Waals surface area (Å²) in [6.45, 7) is 1.84. The summed E-state index contributed by atoms with van der Waals surface area (Å²) in [6.07, 6.45) is 2.22. The molecule has 1 aromatic carbocycles. The molecule has 1 aromatic rings. The first-order valence-corrected chi connectivity index (χ1v) is 9.23. The van der Waals surface area contributed by atoms with E-state index in [2.05, 4.69) is 5.32 Å². The maximum absolute atomic E-state index is 12.4. The highest BCUT2D eigenvalue weighted by Crippen LogP contribution is 2.30. The molecule has 0 saturated carbocycles. The number of hydrogen-bond donors (Lipinski definition) is 1. The highest BCUT2D eigenvalue weighted by Gasteiger charge is 2.46. The minimum atomic E-state index is -5.31. The molecule has 2 atom stereocenters. The Labute approximate surface area is 124 Å². The maximum Gasteiger partial charge on any atom is 0.501 e. The molecule has 120 valence electrons. The molecular formula is C12H16F3NO3S2. The molecule has 1 N–H and O–H groups in total. The maximum atomic E-state index is 12.4. The third kappa shape index (κ3) is 4.99. The van der Waals surface area contributed by atoms with Gasteiger partial charge in [0.15, 0.2) is 0 Å². The van der Waals surface area contributed by atoms with E-state index in [4.69, 9.17) is 0 Å². The van der Waals surface area contributed by atoms with Crippen LogP contribution in [0, 0.1) is 0 Å². The van der Waals surface area contributed by atoms with Gasteiger partial charge >= 0.3 is 5.51 Å². The lowest BCUT2D eigenvalue weighted by Gasteiger charge is -2.15. The van der Waals surface area contributed by atoms with Crippen LogP contribution in [0.25, 0.3) is 0 Å². The Balaban J connectivity index is 2.78. The summed E-state index contributed by atoms with van der Waals surface area (Å²) in [6, 6.07) is 4.35. The summed E-state index contributed by atoms with van der Waals surface area (Å²) >= 11 is 0. The quantitative estimate of drug-likeness (QED) is 0.862. The summed E-state index contributed by atoms with van der Waals surface area (Å²) < 4.78 is 70.5. The number of anilines is 1. The van der Waals surface area contributed by atoms with Crippen molar-refractivity contribution in [2.75, 3.05) is 17.3 Å². The van der Waals surface area contributed by atoms with Crippen LogP contribution in [0.4, 0.5) is 18.9 Å². The fraction of sp³-hybridized carbons (Fsp3) is 0.500. The number of rotatable bonds is 6. The molecule has 0 aliphatic rings. The third-order valence-electron chi connectivity index (χ3n) is 2.72. The highest BCUT2D eigenvalue weighted by atomic mass is 32.2. The lowest BCUT2D eigenvalue weighted by Crippen LogP contribution is -2.23. The van der Waals surface area contributed by atoms with Gasteiger partial charge in [-0.1, -0.05) is 0 Å². The molecule has 0 fully saturated rings. The summed E-state index contributed by atoms with van der Waals surface area (Å²) in [7, 11) is -6.23. The Kier molecular flexibility index (Phi) is 5.80. The zero-order chi connectivity index (χ0) is 16.3. The first kappa shape index (κ1) is 18.0. The van der Waals surface area contributed by atoms with E-state index in [0.29, 0.717) is 17.9 Å². The Morgan fingerprint density at radius 2 is 1.76 bits per heavy atom. The SMILES string of the molecule is CC(CCS(C)=O)Nc1ccc(S(=O)(=O)C(F)(F)F)cc1. The molecule has 0 aliphatic carbocycles. The minimum absolute atomic E-state index is 0.0287.